The first-order chi connectivity index (χ1) is 14.5. The van der Waals surface area contributed by atoms with Gasteiger partial charge in [0.15, 0.2) is 5.82 Å². The Balaban J connectivity index is 1.50. The van der Waals surface area contributed by atoms with Crippen LogP contribution in [0.1, 0.15) is 39.1 Å². The van der Waals surface area contributed by atoms with Gasteiger partial charge in [-0.3, -0.25) is 14.7 Å². The Kier molecular flexibility index (Phi) is 5.61. The fourth-order valence-electron chi connectivity index (χ4n) is 3.77. The monoisotopic (exact) mass is 403 g/mol. The average molecular weight is 403 g/mol. The number of H-pyrrole nitrogens is 1. The molecule has 0 aliphatic carbocycles. The molecule has 154 valence electrons. The van der Waals surface area contributed by atoms with Gasteiger partial charge in [-0.2, -0.15) is 5.10 Å². The van der Waals surface area contributed by atoms with Gasteiger partial charge in [-0.1, -0.05) is 48.0 Å². The van der Waals surface area contributed by atoms with E-state index in [1.54, 1.807) is 17.0 Å². The Morgan fingerprint density at radius 1 is 1.07 bits per heavy atom. The zero-order valence-corrected chi connectivity index (χ0v) is 17.1. The Hall–Kier alpha value is -3.48. The summed E-state index contributed by atoms with van der Waals surface area (Å²) in [5.74, 6) is 1.04. The highest BCUT2D eigenvalue weighted by atomic mass is 16.2. The third kappa shape index (κ3) is 4.40. The predicted molar refractivity (Wildman–Crippen MR) is 113 cm³/mol. The molecular weight excluding hydrogens is 378 g/mol. The fraction of sp³-hybridized carbons (Fsp3) is 0.304. The van der Waals surface area contributed by atoms with E-state index in [9.17, 15) is 9.59 Å². The van der Waals surface area contributed by atoms with Crippen LogP contribution >= 0.6 is 0 Å². The smallest absolute Gasteiger partial charge is 0.251 e. The topological polar surface area (TPSA) is 91.0 Å². The van der Waals surface area contributed by atoms with Crippen LogP contribution in [0.5, 0.6) is 0 Å². The molecule has 3 aromatic rings. The van der Waals surface area contributed by atoms with E-state index in [0.29, 0.717) is 36.7 Å². The predicted octanol–water partition coefficient (Wildman–Crippen LogP) is 2.39. The number of aromatic nitrogens is 3. The SMILES string of the molecule is Cc1ccc(CC(=O)N2C[C@@H](NC(=O)c3ccccc3)[C@H](c3n[nH]c(C)n3)C2)cc1. The molecule has 1 fully saturated rings. The standard InChI is InChI=1S/C23H25N5O2/c1-15-8-10-17(11-9-15)12-21(29)28-13-19(22-24-16(2)26-27-22)20(14-28)25-23(30)18-6-4-3-5-7-18/h3-11,19-20H,12-14H2,1-2H3,(H,25,30)(H,24,26,27)/t19-,20-/m1/s1. The Labute approximate surface area is 175 Å². The molecule has 0 saturated carbocycles. The molecule has 30 heavy (non-hydrogen) atoms. The summed E-state index contributed by atoms with van der Waals surface area (Å²) in [5, 5.41) is 10.2. The van der Waals surface area contributed by atoms with Crippen molar-refractivity contribution in [3.05, 3.63) is 82.9 Å². The van der Waals surface area contributed by atoms with Crippen LogP contribution in [0.2, 0.25) is 0 Å². The molecule has 0 radical (unpaired) electrons. The van der Waals surface area contributed by atoms with Crippen LogP contribution in [0.15, 0.2) is 54.6 Å². The molecule has 2 amide bonds. The van der Waals surface area contributed by atoms with E-state index in [0.717, 1.165) is 11.1 Å². The largest absolute Gasteiger partial charge is 0.347 e. The second kappa shape index (κ2) is 8.49. The van der Waals surface area contributed by atoms with Crippen molar-refractivity contribution < 1.29 is 9.59 Å². The van der Waals surface area contributed by atoms with Crippen molar-refractivity contribution >= 4 is 11.8 Å². The lowest BCUT2D eigenvalue weighted by Crippen LogP contribution is -2.40. The minimum absolute atomic E-state index is 0.0348. The highest BCUT2D eigenvalue weighted by Crippen LogP contribution is 2.26. The van der Waals surface area contributed by atoms with Gasteiger partial charge >= 0.3 is 0 Å². The lowest BCUT2D eigenvalue weighted by Gasteiger charge is -2.18. The van der Waals surface area contributed by atoms with Crippen molar-refractivity contribution in [3.63, 3.8) is 0 Å². The Morgan fingerprint density at radius 3 is 2.47 bits per heavy atom. The molecule has 1 saturated heterocycles. The van der Waals surface area contributed by atoms with Gasteiger partial charge in [-0.05, 0) is 31.5 Å². The number of carbonyl (C=O) groups excluding carboxylic acids is 2. The number of aryl methyl sites for hydroxylation is 2. The van der Waals surface area contributed by atoms with Crippen LogP contribution < -0.4 is 5.32 Å². The summed E-state index contributed by atoms with van der Waals surface area (Å²) in [7, 11) is 0. The third-order valence-electron chi connectivity index (χ3n) is 5.45. The first-order valence-corrected chi connectivity index (χ1v) is 10.1. The van der Waals surface area contributed by atoms with Crippen molar-refractivity contribution in [2.75, 3.05) is 13.1 Å². The number of likely N-dealkylation sites (tertiary alicyclic amines) is 1. The normalized spacial score (nSPS) is 18.4. The van der Waals surface area contributed by atoms with Gasteiger partial charge in [0.25, 0.3) is 5.91 Å². The summed E-state index contributed by atoms with van der Waals surface area (Å²) in [6.07, 6.45) is 0.333. The molecule has 2 heterocycles. The van der Waals surface area contributed by atoms with E-state index >= 15 is 0 Å². The highest BCUT2D eigenvalue weighted by molar-refractivity contribution is 5.94. The lowest BCUT2D eigenvalue weighted by atomic mass is 10.0. The second-order valence-corrected chi connectivity index (χ2v) is 7.79. The van der Waals surface area contributed by atoms with Gasteiger partial charge in [0.1, 0.15) is 5.82 Å². The molecule has 4 rings (SSSR count). The van der Waals surface area contributed by atoms with Crippen LogP contribution in [-0.4, -0.2) is 51.0 Å². The summed E-state index contributed by atoms with van der Waals surface area (Å²) < 4.78 is 0. The number of benzene rings is 2. The third-order valence-corrected chi connectivity index (χ3v) is 5.45. The van der Waals surface area contributed by atoms with Crippen LogP contribution in [0.25, 0.3) is 0 Å². The van der Waals surface area contributed by atoms with Gasteiger partial charge in [-0.15, -0.1) is 0 Å². The van der Waals surface area contributed by atoms with Crippen molar-refractivity contribution in [2.45, 2.75) is 32.2 Å². The van der Waals surface area contributed by atoms with Crippen molar-refractivity contribution in [2.24, 2.45) is 0 Å². The maximum atomic E-state index is 12.9. The number of nitrogens with zero attached hydrogens (tertiary/aromatic N) is 3. The van der Waals surface area contributed by atoms with Gasteiger partial charge in [0.2, 0.25) is 5.91 Å². The quantitative estimate of drug-likeness (QED) is 0.684. The average Bonchev–Trinajstić information content (AvgIpc) is 3.36. The molecule has 7 heteroatoms. The lowest BCUT2D eigenvalue weighted by molar-refractivity contribution is -0.129. The van der Waals surface area contributed by atoms with E-state index in [1.807, 2.05) is 56.3 Å². The van der Waals surface area contributed by atoms with Gasteiger partial charge in [0.05, 0.1) is 18.4 Å². The molecule has 2 N–H and O–H groups in total. The molecule has 1 aliphatic heterocycles. The van der Waals surface area contributed by atoms with Crippen LogP contribution in [0.3, 0.4) is 0 Å². The van der Waals surface area contributed by atoms with Gasteiger partial charge in [0, 0.05) is 18.7 Å². The molecule has 0 spiro atoms. The Bertz CT molecular complexity index is 1030. The summed E-state index contributed by atoms with van der Waals surface area (Å²) in [4.78, 5) is 31.9. The van der Waals surface area contributed by atoms with Crippen LogP contribution in [0, 0.1) is 13.8 Å². The van der Waals surface area contributed by atoms with E-state index in [-0.39, 0.29) is 23.8 Å². The minimum atomic E-state index is -0.255. The molecular formula is C23H25N5O2. The summed E-state index contributed by atoms with van der Waals surface area (Å²) in [6.45, 7) is 4.77. The molecule has 2 atom stereocenters. The van der Waals surface area contributed by atoms with Crippen molar-refractivity contribution in [1.29, 1.82) is 0 Å². The zero-order chi connectivity index (χ0) is 21.1. The van der Waals surface area contributed by atoms with Gasteiger partial charge < -0.3 is 10.2 Å². The summed E-state index contributed by atoms with van der Waals surface area (Å²) in [6, 6.07) is 16.8. The van der Waals surface area contributed by atoms with E-state index in [4.69, 9.17) is 0 Å². The molecule has 0 bridgehead atoms. The fourth-order valence-corrected chi connectivity index (χ4v) is 3.77. The number of hydrogen-bond acceptors (Lipinski definition) is 4. The minimum Gasteiger partial charge on any atom is -0.347 e. The summed E-state index contributed by atoms with van der Waals surface area (Å²) in [5.41, 5.74) is 2.73. The molecule has 1 aliphatic rings. The number of aromatic amines is 1. The van der Waals surface area contributed by atoms with Crippen LogP contribution in [-0.2, 0) is 11.2 Å². The molecule has 1 aromatic heterocycles. The van der Waals surface area contributed by atoms with Crippen molar-refractivity contribution in [3.8, 4) is 0 Å². The van der Waals surface area contributed by atoms with E-state index in [2.05, 4.69) is 20.5 Å². The summed E-state index contributed by atoms with van der Waals surface area (Å²) >= 11 is 0. The first kappa shape index (κ1) is 19.8. The molecule has 2 aromatic carbocycles. The number of carbonyl (C=O) groups is 2. The second-order valence-electron chi connectivity index (χ2n) is 7.79. The molecule has 7 nitrogen and oxygen atoms in total. The highest BCUT2D eigenvalue weighted by Gasteiger charge is 2.39. The van der Waals surface area contributed by atoms with Gasteiger partial charge in [-0.25, -0.2) is 4.98 Å². The number of amides is 2. The number of hydrogen-bond donors (Lipinski definition) is 2. The number of nitrogens with one attached hydrogen (secondary N) is 2. The maximum absolute atomic E-state index is 12.9. The zero-order valence-electron chi connectivity index (χ0n) is 17.1. The first-order valence-electron chi connectivity index (χ1n) is 10.1. The number of rotatable bonds is 5. The van der Waals surface area contributed by atoms with Crippen LogP contribution in [0.4, 0.5) is 0 Å². The Morgan fingerprint density at radius 2 is 1.80 bits per heavy atom. The van der Waals surface area contributed by atoms with E-state index in [1.165, 1.54) is 0 Å². The van der Waals surface area contributed by atoms with Crippen molar-refractivity contribution in [1.82, 2.24) is 25.4 Å². The van der Waals surface area contributed by atoms with E-state index < -0.39 is 0 Å². The maximum Gasteiger partial charge on any atom is 0.251 e. The molecule has 0 unspecified atom stereocenters.